The van der Waals surface area contributed by atoms with E-state index >= 15 is 0 Å². The molecule has 8 nitrogen and oxygen atoms in total. The molecular formula is C22H31N3O5. The van der Waals surface area contributed by atoms with Crippen molar-refractivity contribution in [1.82, 2.24) is 10.2 Å². The van der Waals surface area contributed by atoms with Crippen LogP contribution in [-0.4, -0.2) is 53.4 Å². The summed E-state index contributed by atoms with van der Waals surface area (Å²) in [6.07, 6.45) is 1.25. The highest BCUT2D eigenvalue weighted by Gasteiger charge is 2.48. The number of esters is 1. The minimum Gasteiger partial charge on any atom is -0.454 e. The Morgan fingerprint density at radius 3 is 2.33 bits per heavy atom. The van der Waals surface area contributed by atoms with Gasteiger partial charge in [0.2, 0.25) is 0 Å². The Morgan fingerprint density at radius 1 is 1.13 bits per heavy atom. The number of carbonyl (C=O) groups is 4. The van der Waals surface area contributed by atoms with Gasteiger partial charge >= 0.3 is 12.0 Å². The van der Waals surface area contributed by atoms with Crippen molar-refractivity contribution in [3.05, 3.63) is 30.3 Å². The van der Waals surface area contributed by atoms with Crippen LogP contribution in [0.4, 0.5) is 10.5 Å². The number of benzene rings is 1. The van der Waals surface area contributed by atoms with Gasteiger partial charge in [-0.2, -0.15) is 0 Å². The molecule has 0 bridgehead atoms. The second-order valence-corrected chi connectivity index (χ2v) is 8.44. The van der Waals surface area contributed by atoms with Crippen LogP contribution in [0.3, 0.4) is 0 Å². The first kappa shape index (κ1) is 23.4. The zero-order valence-corrected chi connectivity index (χ0v) is 18.3. The quantitative estimate of drug-likeness (QED) is 0.492. The molecule has 1 N–H and O–H groups in total. The van der Waals surface area contributed by atoms with Gasteiger partial charge < -0.3 is 15.0 Å². The molecule has 8 heteroatoms. The summed E-state index contributed by atoms with van der Waals surface area (Å²) in [6, 6.07) is 8.32. The number of urea groups is 1. The molecular weight excluding hydrogens is 386 g/mol. The highest BCUT2D eigenvalue weighted by Crippen LogP contribution is 2.24. The molecule has 164 valence electrons. The lowest BCUT2D eigenvalue weighted by atomic mass is 9.92. The van der Waals surface area contributed by atoms with Crippen LogP contribution in [0.2, 0.25) is 0 Å². The van der Waals surface area contributed by atoms with Gasteiger partial charge in [-0.25, -0.2) is 4.79 Å². The summed E-state index contributed by atoms with van der Waals surface area (Å²) in [5.74, 6) is -1.27. The van der Waals surface area contributed by atoms with Gasteiger partial charge in [0.1, 0.15) is 12.1 Å². The molecule has 0 spiro atoms. The van der Waals surface area contributed by atoms with Crippen LogP contribution in [-0.2, 0) is 19.1 Å². The third kappa shape index (κ3) is 5.58. The molecule has 4 amide bonds. The Labute approximate surface area is 177 Å². The van der Waals surface area contributed by atoms with Crippen LogP contribution in [0.1, 0.15) is 47.5 Å². The number of amides is 4. The number of nitrogens with zero attached hydrogens (tertiary/aromatic N) is 2. The van der Waals surface area contributed by atoms with E-state index < -0.39 is 36.6 Å². The summed E-state index contributed by atoms with van der Waals surface area (Å²) in [6.45, 7) is 8.45. The number of nitrogens with one attached hydrogen (secondary N) is 1. The molecule has 1 aliphatic heterocycles. The van der Waals surface area contributed by atoms with Crippen molar-refractivity contribution in [1.29, 1.82) is 0 Å². The van der Waals surface area contributed by atoms with Crippen molar-refractivity contribution in [2.45, 2.75) is 59.0 Å². The van der Waals surface area contributed by atoms with Crippen molar-refractivity contribution < 1.29 is 23.9 Å². The third-order valence-electron chi connectivity index (χ3n) is 5.03. The first-order valence-electron chi connectivity index (χ1n) is 10.2. The lowest BCUT2D eigenvalue weighted by Crippen LogP contribution is -2.44. The van der Waals surface area contributed by atoms with Crippen LogP contribution in [0.15, 0.2) is 30.3 Å². The van der Waals surface area contributed by atoms with Crippen molar-refractivity contribution >= 4 is 29.5 Å². The molecule has 0 unspecified atom stereocenters. The Hall–Kier alpha value is -2.90. The summed E-state index contributed by atoms with van der Waals surface area (Å²) in [7, 11) is 0. The van der Waals surface area contributed by atoms with Gasteiger partial charge in [0.15, 0.2) is 6.61 Å². The maximum Gasteiger partial charge on any atom is 0.326 e. The lowest BCUT2D eigenvalue weighted by Gasteiger charge is -2.26. The topological polar surface area (TPSA) is 96.0 Å². The molecule has 0 saturated carbocycles. The smallest absolute Gasteiger partial charge is 0.326 e. The average molecular weight is 418 g/mol. The zero-order valence-electron chi connectivity index (χ0n) is 18.3. The monoisotopic (exact) mass is 417 g/mol. The summed E-state index contributed by atoms with van der Waals surface area (Å²) >= 11 is 0. The van der Waals surface area contributed by atoms with E-state index in [1.54, 1.807) is 19.1 Å². The van der Waals surface area contributed by atoms with Gasteiger partial charge in [0.05, 0.1) is 0 Å². The number of ether oxygens (including phenoxy) is 1. The fourth-order valence-corrected chi connectivity index (χ4v) is 3.34. The average Bonchev–Trinajstić information content (AvgIpc) is 2.89. The van der Waals surface area contributed by atoms with Gasteiger partial charge in [0.25, 0.3) is 11.8 Å². The van der Waals surface area contributed by atoms with E-state index in [1.165, 1.54) is 4.90 Å². The maximum atomic E-state index is 12.7. The zero-order chi connectivity index (χ0) is 22.5. The maximum absolute atomic E-state index is 12.7. The third-order valence-corrected chi connectivity index (χ3v) is 5.03. The summed E-state index contributed by atoms with van der Waals surface area (Å²) in [5, 5.41) is 2.66. The van der Waals surface area contributed by atoms with Gasteiger partial charge in [-0.3, -0.25) is 19.3 Å². The highest BCUT2D eigenvalue weighted by atomic mass is 16.5. The van der Waals surface area contributed by atoms with Crippen LogP contribution in [0.25, 0.3) is 0 Å². The van der Waals surface area contributed by atoms with Gasteiger partial charge in [-0.05, 0) is 51.7 Å². The van der Waals surface area contributed by atoms with Crippen molar-refractivity contribution in [3.63, 3.8) is 0 Å². The van der Waals surface area contributed by atoms with Crippen LogP contribution in [0, 0.1) is 5.92 Å². The van der Waals surface area contributed by atoms with Crippen molar-refractivity contribution in [3.8, 4) is 0 Å². The molecule has 1 heterocycles. The van der Waals surface area contributed by atoms with E-state index in [1.807, 2.05) is 45.9 Å². The molecule has 1 aliphatic rings. The number of hydrogen-bond donors (Lipinski definition) is 1. The van der Waals surface area contributed by atoms with Crippen molar-refractivity contribution in [2.24, 2.45) is 5.92 Å². The van der Waals surface area contributed by atoms with E-state index in [9.17, 15) is 19.2 Å². The molecule has 0 radical (unpaired) electrons. The fourth-order valence-electron chi connectivity index (χ4n) is 3.34. The number of anilines is 1. The van der Waals surface area contributed by atoms with E-state index in [4.69, 9.17) is 4.74 Å². The Balaban J connectivity index is 1.94. The highest BCUT2D eigenvalue weighted by molar-refractivity contribution is 6.08. The first-order chi connectivity index (χ1) is 14.0. The van der Waals surface area contributed by atoms with Crippen LogP contribution in [0.5, 0.6) is 0 Å². The summed E-state index contributed by atoms with van der Waals surface area (Å²) in [5.41, 5.74) is -0.331. The summed E-state index contributed by atoms with van der Waals surface area (Å²) in [4.78, 5) is 52.1. The molecule has 1 fully saturated rings. The number of carbonyl (C=O) groups excluding carboxylic acids is 4. The number of para-hydroxylation sites is 1. The van der Waals surface area contributed by atoms with E-state index in [2.05, 4.69) is 5.32 Å². The molecule has 1 atom stereocenters. The van der Waals surface area contributed by atoms with Crippen LogP contribution < -0.4 is 10.2 Å². The number of hydrogen-bond acceptors (Lipinski definition) is 5. The molecule has 30 heavy (non-hydrogen) atoms. The standard InChI is InChI=1S/C22H31N3O5/c1-15(2)11-12-22(5)20(28)24(21(29)23-22)13-19(27)30-14-18(26)25(16(3)4)17-9-7-6-8-10-17/h6-10,15-16H,11-14H2,1-5H3,(H,23,29)/t22-/m1/s1. The second kappa shape index (κ2) is 9.73. The van der Waals surface area contributed by atoms with E-state index in [0.29, 0.717) is 18.0 Å². The van der Waals surface area contributed by atoms with Crippen LogP contribution >= 0.6 is 0 Å². The van der Waals surface area contributed by atoms with Gasteiger partial charge in [-0.15, -0.1) is 0 Å². The van der Waals surface area contributed by atoms with E-state index in [-0.39, 0.29) is 11.9 Å². The molecule has 0 aromatic heterocycles. The Kier molecular flexibility index (Phi) is 7.59. The minimum atomic E-state index is -1.03. The first-order valence-corrected chi connectivity index (χ1v) is 10.2. The predicted molar refractivity (Wildman–Crippen MR) is 113 cm³/mol. The predicted octanol–water partition coefficient (Wildman–Crippen LogP) is 2.72. The summed E-state index contributed by atoms with van der Waals surface area (Å²) < 4.78 is 5.08. The fraction of sp³-hybridized carbons (Fsp3) is 0.545. The minimum absolute atomic E-state index is 0.133. The molecule has 0 aliphatic carbocycles. The molecule has 1 saturated heterocycles. The van der Waals surface area contributed by atoms with Crippen molar-refractivity contribution in [2.75, 3.05) is 18.1 Å². The Morgan fingerprint density at radius 2 is 1.77 bits per heavy atom. The normalized spacial score (nSPS) is 18.7. The SMILES string of the molecule is CC(C)CC[C@@]1(C)NC(=O)N(CC(=O)OCC(=O)N(c2ccccc2)C(C)C)C1=O. The number of imide groups is 1. The lowest BCUT2D eigenvalue weighted by molar-refractivity contribution is -0.150. The molecule has 1 aromatic rings. The second-order valence-electron chi connectivity index (χ2n) is 8.44. The van der Waals surface area contributed by atoms with Gasteiger partial charge in [0, 0.05) is 11.7 Å². The Bertz CT molecular complexity index is 793. The molecule has 2 rings (SSSR count). The van der Waals surface area contributed by atoms with E-state index in [0.717, 1.165) is 11.3 Å². The molecule has 1 aromatic carbocycles. The van der Waals surface area contributed by atoms with Gasteiger partial charge in [-0.1, -0.05) is 32.0 Å². The number of rotatable bonds is 9. The largest absolute Gasteiger partial charge is 0.454 e.